The Kier molecular flexibility index (Phi) is 6.01. The van der Waals surface area contributed by atoms with Crippen LogP contribution >= 0.6 is 11.3 Å². The Morgan fingerprint density at radius 2 is 2.00 bits per heavy atom. The van der Waals surface area contributed by atoms with Crippen LogP contribution in [0.15, 0.2) is 78.4 Å². The number of ether oxygens (including phenoxy) is 1. The molecule has 0 aliphatic carbocycles. The number of thiazole rings is 1. The van der Waals surface area contributed by atoms with Crippen molar-refractivity contribution < 1.29 is 9.53 Å². The lowest BCUT2D eigenvalue weighted by atomic mass is 10.2. The number of para-hydroxylation sites is 2. The fraction of sp³-hybridized carbons (Fsp3) is 0.0870. The highest BCUT2D eigenvalue weighted by molar-refractivity contribution is 7.09. The highest BCUT2D eigenvalue weighted by Crippen LogP contribution is 2.19. The summed E-state index contributed by atoms with van der Waals surface area (Å²) in [4.78, 5) is 16.8. The van der Waals surface area contributed by atoms with Gasteiger partial charge in [-0.15, -0.1) is 11.3 Å². The Hall–Kier alpha value is -3.71. The SMILES string of the molecule is Cc1nc(COc2ccc(C=CC(=O)Nc3ccccc3-n3cccn3)cc2)cs1. The van der Waals surface area contributed by atoms with Gasteiger partial charge in [0.15, 0.2) is 0 Å². The summed E-state index contributed by atoms with van der Waals surface area (Å²) in [5, 5.41) is 10.2. The largest absolute Gasteiger partial charge is 0.487 e. The molecule has 4 rings (SSSR count). The maximum absolute atomic E-state index is 12.4. The van der Waals surface area contributed by atoms with Crippen LogP contribution in [0, 0.1) is 6.92 Å². The molecule has 0 aliphatic heterocycles. The summed E-state index contributed by atoms with van der Waals surface area (Å²) in [5.74, 6) is 0.546. The predicted octanol–water partition coefficient (Wildman–Crippen LogP) is 4.87. The summed E-state index contributed by atoms with van der Waals surface area (Å²) in [6.07, 6.45) is 6.80. The van der Waals surface area contributed by atoms with Crippen molar-refractivity contribution in [3.63, 3.8) is 0 Å². The third kappa shape index (κ3) is 5.01. The van der Waals surface area contributed by atoms with Crippen LogP contribution in [-0.2, 0) is 11.4 Å². The zero-order valence-corrected chi connectivity index (χ0v) is 17.2. The molecule has 6 nitrogen and oxygen atoms in total. The molecule has 0 unspecified atom stereocenters. The highest BCUT2D eigenvalue weighted by Gasteiger charge is 2.06. The van der Waals surface area contributed by atoms with E-state index in [2.05, 4.69) is 15.4 Å². The molecular formula is C23H20N4O2S. The Balaban J connectivity index is 1.35. The standard InChI is InChI=1S/C23H20N4O2S/c1-17-25-19(16-30-17)15-29-20-10-7-18(8-11-20)9-12-23(28)26-21-5-2-3-6-22(21)27-14-4-13-24-27/h2-14,16H,15H2,1H3,(H,26,28). The number of hydrogen-bond donors (Lipinski definition) is 1. The second-order valence-electron chi connectivity index (χ2n) is 6.51. The summed E-state index contributed by atoms with van der Waals surface area (Å²) < 4.78 is 7.46. The second-order valence-corrected chi connectivity index (χ2v) is 7.57. The molecule has 2 aromatic heterocycles. The van der Waals surface area contributed by atoms with Gasteiger partial charge < -0.3 is 10.1 Å². The Bertz CT molecular complexity index is 1150. The lowest BCUT2D eigenvalue weighted by Crippen LogP contribution is -2.10. The molecule has 0 aliphatic rings. The Labute approximate surface area is 178 Å². The van der Waals surface area contributed by atoms with Gasteiger partial charge in [-0.25, -0.2) is 9.67 Å². The number of carbonyl (C=O) groups excluding carboxylic acids is 1. The number of aromatic nitrogens is 3. The zero-order chi connectivity index (χ0) is 20.8. The molecule has 0 spiro atoms. The molecule has 0 saturated carbocycles. The van der Waals surface area contributed by atoms with E-state index < -0.39 is 0 Å². The molecule has 0 atom stereocenters. The van der Waals surface area contributed by atoms with Crippen LogP contribution in [0.5, 0.6) is 5.75 Å². The maximum atomic E-state index is 12.4. The monoisotopic (exact) mass is 416 g/mol. The van der Waals surface area contributed by atoms with Gasteiger partial charge in [-0.2, -0.15) is 5.10 Å². The van der Waals surface area contributed by atoms with Crippen molar-refractivity contribution in [1.29, 1.82) is 0 Å². The summed E-state index contributed by atoms with van der Waals surface area (Å²) in [6, 6.07) is 16.9. The van der Waals surface area contributed by atoms with Crippen molar-refractivity contribution >= 4 is 29.0 Å². The fourth-order valence-electron chi connectivity index (χ4n) is 2.84. The molecule has 0 saturated heterocycles. The molecule has 1 N–H and O–H groups in total. The number of rotatable bonds is 7. The van der Waals surface area contributed by atoms with Crippen molar-refractivity contribution in [3.8, 4) is 11.4 Å². The topological polar surface area (TPSA) is 69.0 Å². The molecule has 150 valence electrons. The number of nitrogens with one attached hydrogen (secondary N) is 1. The van der Waals surface area contributed by atoms with Gasteiger partial charge in [-0.1, -0.05) is 24.3 Å². The quantitative estimate of drug-likeness (QED) is 0.437. The fourth-order valence-corrected chi connectivity index (χ4v) is 3.44. The molecule has 0 radical (unpaired) electrons. The first-order chi connectivity index (χ1) is 14.7. The van der Waals surface area contributed by atoms with Crippen molar-refractivity contribution in [3.05, 3.63) is 94.7 Å². The van der Waals surface area contributed by atoms with E-state index in [4.69, 9.17) is 4.74 Å². The molecule has 30 heavy (non-hydrogen) atoms. The minimum absolute atomic E-state index is 0.214. The number of nitrogens with zero attached hydrogens (tertiary/aromatic N) is 3. The van der Waals surface area contributed by atoms with Crippen molar-refractivity contribution in [2.24, 2.45) is 0 Å². The van der Waals surface area contributed by atoms with Crippen LogP contribution < -0.4 is 10.1 Å². The number of anilines is 1. The van der Waals surface area contributed by atoms with Gasteiger partial charge in [0, 0.05) is 23.8 Å². The average Bonchev–Trinajstić information content (AvgIpc) is 3.44. The third-order valence-corrected chi connectivity index (χ3v) is 5.10. The van der Waals surface area contributed by atoms with E-state index in [0.717, 1.165) is 27.7 Å². The third-order valence-electron chi connectivity index (χ3n) is 4.27. The van der Waals surface area contributed by atoms with Crippen LogP contribution in [0.25, 0.3) is 11.8 Å². The molecule has 4 aromatic rings. The van der Waals surface area contributed by atoms with Crippen LogP contribution in [0.1, 0.15) is 16.3 Å². The van der Waals surface area contributed by atoms with Gasteiger partial charge >= 0.3 is 0 Å². The van der Waals surface area contributed by atoms with Gasteiger partial charge in [-0.05, 0) is 48.9 Å². The predicted molar refractivity (Wildman–Crippen MR) is 119 cm³/mol. The first-order valence-corrected chi connectivity index (χ1v) is 10.3. The first-order valence-electron chi connectivity index (χ1n) is 9.39. The highest BCUT2D eigenvalue weighted by atomic mass is 32.1. The average molecular weight is 417 g/mol. The second kappa shape index (κ2) is 9.19. The van der Waals surface area contributed by atoms with E-state index in [1.807, 2.05) is 73.1 Å². The van der Waals surface area contributed by atoms with Gasteiger partial charge in [0.05, 0.1) is 22.1 Å². The number of aryl methyl sites for hydroxylation is 1. The van der Waals surface area contributed by atoms with Crippen LogP contribution in [0.3, 0.4) is 0 Å². The molecule has 1 amide bonds. The minimum atomic E-state index is -0.214. The molecule has 2 aromatic carbocycles. The lowest BCUT2D eigenvalue weighted by Gasteiger charge is -2.09. The van der Waals surface area contributed by atoms with Gasteiger partial charge in [0.2, 0.25) is 5.91 Å². The summed E-state index contributed by atoms with van der Waals surface area (Å²) in [6.45, 7) is 2.42. The van der Waals surface area contributed by atoms with Crippen LogP contribution in [0.2, 0.25) is 0 Å². The number of amides is 1. The van der Waals surface area contributed by atoms with Crippen molar-refractivity contribution in [1.82, 2.24) is 14.8 Å². The van der Waals surface area contributed by atoms with Crippen molar-refractivity contribution in [2.75, 3.05) is 5.32 Å². The van der Waals surface area contributed by atoms with E-state index in [1.165, 1.54) is 6.08 Å². The first kappa shape index (κ1) is 19.6. The normalized spacial score (nSPS) is 11.0. The Morgan fingerprint density at radius 3 is 2.73 bits per heavy atom. The van der Waals surface area contributed by atoms with Crippen molar-refractivity contribution in [2.45, 2.75) is 13.5 Å². The maximum Gasteiger partial charge on any atom is 0.248 e. The van der Waals surface area contributed by atoms with E-state index in [1.54, 1.807) is 28.3 Å². The van der Waals surface area contributed by atoms with E-state index in [-0.39, 0.29) is 5.91 Å². The lowest BCUT2D eigenvalue weighted by molar-refractivity contribution is -0.111. The van der Waals surface area contributed by atoms with E-state index in [0.29, 0.717) is 12.3 Å². The molecule has 7 heteroatoms. The molecule has 0 bridgehead atoms. The van der Waals surface area contributed by atoms with Crippen LogP contribution in [0.4, 0.5) is 5.69 Å². The summed E-state index contributed by atoms with van der Waals surface area (Å²) >= 11 is 1.61. The summed E-state index contributed by atoms with van der Waals surface area (Å²) in [7, 11) is 0. The number of benzene rings is 2. The Morgan fingerprint density at radius 1 is 1.17 bits per heavy atom. The summed E-state index contributed by atoms with van der Waals surface area (Å²) in [5.41, 5.74) is 3.33. The molecule has 0 fully saturated rings. The smallest absolute Gasteiger partial charge is 0.248 e. The van der Waals surface area contributed by atoms with Gasteiger partial charge in [0.25, 0.3) is 0 Å². The van der Waals surface area contributed by atoms with E-state index >= 15 is 0 Å². The molecular weight excluding hydrogens is 396 g/mol. The number of hydrogen-bond acceptors (Lipinski definition) is 5. The van der Waals surface area contributed by atoms with E-state index in [9.17, 15) is 4.79 Å². The van der Waals surface area contributed by atoms with Gasteiger partial charge in [0.1, 0.15) is 12.4 Å². The number of carbonyl (C=O) groups is 1. The molecule has 2 heterocycles. The van der Waals surface area contributed by atoms with Crippen LogP contribution in [-0.4, -0.2) is 20.7 Å². The van der Waals surface area contributed by atoms with Gasteiger partial charge in [-0.3, -0.25) is 4.79 Å². The zero-order valence-electron chi connectivity index (χ0n) is 16.4. The minimum Gasteiger partial charge on any atom is -0.487 e.